The quantitative estimate of drug-likeness (QED) is 0.828. The van der Waals surface area contributed by atoms with E-state index in [0.29, 0.717) is 11.5 Å². The van der Waals surface area contributed by atoms with Gasteiger partial charge in [0.05, 0.1) is 6.04 Å². The molecule has 0 bridgehead atoms. The lowest BCUT2D eigenvalue weighted by atomic mass is 10.1. The number of carbonyl (C=O) groups excluding carboxylic acids is 1. The summed E-state index contributed by atoms with van der Waals surface area (Å²) in [6.07, 6.45) is 5.51. The third kappa shape index (κ3) is 2.23. The van der Waals surface area contributed by atoms with Crippen molar-refractivity contribution in [2.45, 2.75) is 25.8 Å². The minimum atomic E-state index is -0.0591. The number of rotatable bonds is 2. The van der Waals surface area contributed by atoms with E-state index in [2.05, 4.69) is 10.1 Å². The summed E-state index contributed by atoms with van der Waals surface area (Å²) in [5.41, 5.74) is 1.51. The first kappa shape index (κ1) is 11.9. The molecule has 5 nitrogen and oxygen atoms in total. The van der Waals surface area contributed by atoms with Gasteiger partial charge in [-0.25, -0.2) is 0 Å². The summed E-state index contributed by atoms with van der Waals surface area (Å²) < 4.78 is 4.98. The van der Waals surface area contributed by atoms with E-state index in [1.54, 1.807) is 25.4 Å². The van der Waals surface area contributed by atoms with E-state index in [-0.39, 0.29) is 11.9 Å². The van der Waals surface area contributed by atoms with Gasteiger partial charge < -0.3 is 9.42 Å². The molecular weight excluding hydrogens is 242 g/mol. The van der Waals surface area contributed by atoms with Crippen LogP contribution in [-0.2, 0) is 0 Å². The summed E-state index contributed by atoms with van der Waals surface area (Å²) in [6, 6.07) is 5.73. The molecule has 0 aliphatic carbocycles. The highest BCUT2D eigenvalue weighted by Gasteiger charge is 2.31. The molecule has 1 atom stereocenters. The van der Waals surface area contributed by atoms with Gasteiger partial charge in [-0.1, -0.05) is 5.16 Å². The van der Waals surface area contributed by atoms with Crippen molar-refractivity contribution in [2.24, 2.45) is 0 Å². The first-order chi connectivity index (χ1) is 9.25. The number of carbonyl (C=O) groups is 1. The van der Waals surface area contributed by atoms with Gasteiger partial charge in [0.1, 0.15) is 5.76 Å². The zero-order valence-corrected chi connectivity index (χ0v) is 10.7. The molecule has 0 aromatic carbocycles. The number of amides is 1. The van der Waals surface area contributed by atoms with Gasteiger partial charge in [-0.15, -0.1) is 0 Å². The van der Waals surface area contributed by atoms with E-state index in [9.17, 15) is 4.79 Å². The lowest BCUT2D eigenvalue weighted by Gasteiger charge is -2.23. The molecule has 3 heterocycles. The third-order valence-corrected chi connectivity index (χ3v) is 3.45. The Kier molecular flexibility index (Phi) is 3.03. The van der Waals surface area contributed by atoms with Crippen LogP contribution in [0, 0.1) is 6.92 Å². The third-order valence-electron chi connectivity index (χ3n) is 3.45. The maximum Gasteiger partial charge on any atom is 0.276 e. The van der Waals surface area contributed by atoms with Crippen LogP contribution < -0.4 is 0 Å². The predicted octanol–water partition coefficient (Wildman–Crippen LogP) is 2.36. The number of aromatic nitrogens is 2. The summed E-state index contributed by atoms with van der Waals surface area (Å²) >= 11 is 0. The average molecular weight is 257 g/mol. The highest BCUT2D eigenvalue weighted by molar-refractivity contribution is 5.92. The van der Waals surface area contributed by atoms with E-state index in [1.807, 2.05) is 17.0 Å². The maximum absolute atomic E-state index is 12.4. The molecular formula is C14H15N3O2. The van der Waals surface area contributed by atoms with Crippen molar-refractivity contribution in [3.8, 4) is 0 Å². The molecule has 98 valence electrons. The highest BCUT2D eigenvalue weighted by atomic mass is 16.5. The molecule has 2 aromatic heterocycles. The van der Waals surface area contributed by atoms with Gasteiger partial charge in [-0.3, -0.25) is 9.78 Å². The predicted molar refractivity (Wildman–Crippen MR) is 68.5 cm³/mol. The minimum Gasteiger partial charge on any atom is -0.361 e. The van der Waals surface area contributed by atoms with Gasteiger partial charge in [0.25, 0.3) is 5.91 Å². The first-order valence-corrected chi connectivity index (χ1v) is 6.40. The molecule has 0 spiro atoms. The SMILES string of the molecule is Cc1cc(C(=O)N2CCCC2c2ccncc2)no1. The largest absolute Gasteiger partial charge is 0.361 e. The number of nitrogens with zero attached hydrogens (tertiary/aromatic N) is 3. The van der Waals surface area contributed by atoms with Crippen molar-refractivity contribution in [3.63, 3.8) is 0 Å². The number of hydrogen-bond acceptors (Lipinski definition) is 4. The lowest BCUT2D eigenvalue weighted by molar-refractivity contribution is 0.0725. The second-order valence-electron chi connectivity index (χ2n) is 4.76. The van der Waals surface area contributed by atoms with Crippen molar-refractivity contribution in [2.75, 3.05) is 6.54 Å². The van der Waals surface area contributed by atoms with E-state index in [1.165, 1.54) is 0 Å². The summed E-state index contributed by atoms with van der Waals surface area (Å²) in [5, 5.41) is 3.81. The standard InChI is InChI=1S/C14H15N3O2/c1-10-9-12(16-19-10)14(18)17-8-2-3-13(17)11-4-6-15-7-5-11/h4-7,9,13H,2-3,8H2,1H3. The molecule has 5 heteroatoms. The monoisotopic (exact) mass is 257 g/mol. The van der Waals surface area contributed by atoms with Crippen LogP contribution >= 0.6 is 0 Å². The van der Waals surface area contributed by atoms with Crippen molar-refractivity contribution >= 4 is 5.91 Å². The van der Waals surface area contributed by atoms with E-state index in [0.717, 1.165) is 24.9 Å². The van der Waals surface area contributed by atoms with Crippen LogP contribution in [0.1, 0.15) is 40.7 Å². The van der Waals surface area contributed by atoms with E-state index >= 15 is 0 Å². The van der Waals surface area contributed by atoms with Gasteiger partial charge in [0.15, 0.2) is 5.69 Å². The molecule has 0 radical (unpaired) electrons. The van der Waals surface area contributed by atoms with Crippen molar-refractivity contribution in [1.29, 1.82) is 0 Å². The Morgan fingerprint density at radius 3 is 2.89 bits per heavy atom. The zero-order valence-electron chi connectivity index (χ0n) is 10.7. The highest BCUT2D eigenvalue weighted by Crippen LogP contribution is 2.32. The molecule has 2 aromatic rings. The molecule has 1 fully saturated rings. The number of pyridine rings is 1. The molecule has 1 aliphatic rings. The van der Waals surface area contributed by atoms with Gasteiger partial charge in [0, 0.05) is 25.0 Å². The van der Waals surface area contributed by atoms with Gasteiger partial charge in [-0.05, 0) is 37.5 Å². The summed E-state index contributed by atoms with van der Waals surface area (Å²) in [7, 11) is 0. The Morgan fingerprint density at radius 2 is 2.21 bits per heavy atom. The van der Waals surface area contributed by atoms with Gasteiger partial charge in [0.2, 0.25) is 0 Å². The average Bonchev–Trinajstić information content (AvgIpc) is 3.07. The molecule has 1 saturated heterocycles. The fraction of sp³-hybridized carbons (Fsp3) is 0.357. The van der Waals surface area contributed by atoms with E-state index in [4.69, 9.17) is 4.52 Å². The van der Waals surface area contributed by atoms with Crippen LogP contribution in [0.4, 0.5) is 0 Å². The zero-order chi connectivity index (χ0) is 13.2. The second-order valence-corrected chi connectivity index (χ2v) is 4.76. The lowest BCUT2D eigenvalue weighted by Crippen LogP contribution is -2.30. The van der Waals surface area contributed by atoms with Crippen LogP contribution in [0.5, 0.6) is 0 Å². The first-order valence-electron chi connectivity index (χ1n) is 6.40. The summed E-state index contributed by atoms with van der Waals surface area (Å²) in [5.74, 6) is 0.596. The minimum absolute atomic E-state index is 0.0591. The molecule has 3 rings (SSSR count). The molecule has 1 amide bonds. The van der Waals surface area contributed by atoms with Crippen LogP contribution in [0.2, 0.25) is 0 Å². The topological polar surface area (TPSA) is 59.2 Å². The maximum atomic E-state index is 12.4. The van der Waals surface area contributed by atoms with Crippen molar-refractivity contribution in [1.82, 2.24) is 15.0 Å². The Balaban J connectivity index is 1.86. The Bertz CT molecular complexity index is 579. The summed E-state index contributed by atoms with van der Waals surface area (Å²) in [6.45, 7) is 2.55. The van der Waals surface area contributed by atoms with Crippen LogP contribution in [0.25, 0.3) is 0 Å². The number of hydrogen-bond donors (Lipinski definition) is 0. The van der Waals surface area contributed by atoms with Crippen LogP contribution in [0.3, 0.4) is 0 Å². The fourth-order valence-corrected chi connectivity index (χ4v) is 2.56. The van der Waals surface area contributed by atoms with Crippen molar-refractivity contribution < 1.29 is 9.32 Å². The Morgan fingerprint density at radius 1 is 1.42 bits per heavy atom. The number of aryl methyl sites for hydroxylation is 1. The molecule has 0 saturated carbocycles. The van der Waals surface area contributed by atoms with Gasteiger partial charge in [-0.2, -0.15) is 0 Å². The van der Waals surface area contributed by atoms with E-state index < -0.39 is 0 Å². The molecule has 19 heavy (non-hydrogen) atoms. The Labute approximate surface area is 111 Å². The van der Waals surface area contributed by atoms with Crippen LogP contribution in [-0.4, -0.2) is 27.5 Å². The Hall–Kier alpha value is -2.17. The summed E-state index contributed by atoms with van der Waals surface area (Å²) in [4.78, 5) is 18.3. The van der Waals surface area contributed by atoms with Crippen LogP contribution in [0.15, 0.2) is 35.1 Å². The fourth-order valence-electron chi connectivity index (χ4n) is 2.56. The smallest absolute Gasteiger partial charge is 0.276 e. The molecule has 0 N–H and O–H groups in total. The molecule has 1 aliphatic heterocycles. The number of likely N-dealkylation sites (tertiary alicyclic amines) is 1. The molecule has 1 unspecified atom stereocenters. The van der Waals surface area contributed by atoms with Crippen molar-refractivity contribution in [3.05, 3.63) is 47.6 Å². The van der Waals surface area contributed by atoms with Gasteiger partial charge >= 0.3 is 0 Å². The second kappa shape index (κ2) is 4.84. The normalized spacial score (nSPS) is 18.8.